The van der Waals surface area contributed by atoms with Crippen molar-refractivity contribution in [1.29, 1.82) is 0 Å². The molecule has 2 aliphatic heterocycles. The van der Waals surface area contributed by atoms with E-state index < -0.39 is 0 Å². The lowest BCUT2D eigenvalue weighted by Gasteiger charge is -2.34. The fraction of sp³-hybridized carbons (Fsp3) is 0.200. The third-order valence-electron chi connectivity index (χ3n) is 4.84. The van der Waals surface area contributed by atoms with Crippen LogP contribution in [0.3, 0.4) is 0 Å². The van der Waals surface area contributed by atoms with Gasteiger partial charge in [0, 0.05) is 55.0 Å². The molecule has 2 heterocycles. The SMILES string of the molecule is O=CN1CCN(c2ccc(NC=C3C(=O)Nc4ccc(F)cc43)cc2)CC1. The number of piperazine rings is 1. The highest BCUT2D eigenvalue weighted by Gasteiger charge is 2.24. The van der Waals surface area contributed by atoms with Crippen molar-refractivity contribution in [1.82, 2.24) is 4.90 Å². The minimum absolute atomic E-state index is 0.257. The maximum Gasteiger partial charge on any atom is 0.257 e. The normalized spacial score (nSPS) is 17.7. The molecule has 0 unspecified atom stereocenters. The molecule has 138 valence electrons. The lowest BCUT2D eigenvalue weighted by atomic mass is 10.1. The zero-order chi connectivity index (χ0) is 18.8. The van der Waals surface area contributed by atoms with Crippen LogP contribution in [-0.2, 0) is 9.59 Å². The van der Waals surface area contributed by atoms with E-state index in [0.29, 0.717) is 16.8 Å². The number of anilines is 3. The van der Waals surface area contributed by atoms with Crippen molar-refractivity contribution in [2.24, 2.45) is 0 Å². The molecule has 0 aromatic heterocycles. The first kappa shape index (κ1) is 17.1. The summed E-state index contributed by atoms with van der Waals surface area (Å²) < 4.78 is 13.5. The standard InChI is InChI=1S/C20H19FN4O2/c21-14-1-6-19-17(11-14)18(20(27)23-19)12-22-15-2-4-16(5-3-15)25-9-7-24(13-26)8-10-25/h1-6,11-13,22H,7-10H2,(H,23,27). The smallest absolute Gasteiger partial charge is 0.257 e. The van der Waals surface area contributed by atoms with Gasteiger partial charge in [0.1, 0.15) is 5.82 Å². The van der Waals surface area contributed by atoms with E-state index in [9.17, 15) is 14.0 Å². The molecule has 0 bridgehead atoms. The molecule has 7 heteroatoms. The summed E-state index contributed by atoms with van der Waals surface area (Å²) in [6.07, 6.45) is 2.49. The number of nitrogens with one attached hydrogen (secondary N) is 2. The number of hydrogen-bond donors (Lipinski definition) is 2. The van der Waals surface area contributed by atoms with E-state index in [4.69, 9.17) is 0 Å². The Morgan fingerprint density at radius 3 is 2.48 bits per heavy atom. The van der Waals surface area contributed by atoms with Gasteiger partial charge in [-0.2, -0.15) is 0 Å². The Labute approximate surface area is 156 Å². The summed E-state index contributed by atoms with van der Waals surface area (Å²) in [4.78, 5) is 26.9. The number of amides is 2. The lowest BCUT2D eigenvalue weighted by Crippen LogP contribution is -2.45. The Morgan fingerprint density at radius 1 is 1.04 bits per heavy atom. The molecule has 0 radical (unpaired) electrons. The molecule has 2 amide bonds. The second-order valence-electron chi connectivity index (χ2n) is 6.52. The van der Waals surface area contributed by atoms with Crippen LogP contribution < -0.4 is 15.5 Å². The summed E-state index contributed by atoms with van der Waals surface area (Å²) in [6.45, 7) is 3.05. The first-order valence-corrected chi connectivity index (χ1v) is 8.76. The van der Waals surface area contributed by atoms with E-state index in [0.717, 1.165) is 44.0 Å². The molecular weight excluding hydrogens is 347 g/mol. The topological polar surface area (TPSA) is 64.7 Å². The third-order valence-corrected chi connectivity index (χ3v) is 4.84. The van der Waals surface area contributed by atoms with Gasteiger partial charge in [0.25, 0.3) is 5.91 Å². The first-order chi connectivity index (χ1) is 13.1. The van der Waals surface area contributed by atoms with Crippen molar-refractivity contribution in [3.63, 3.8) is 0 Å². The van der Waals surface area contributed by atoms with E-state index in [1.807, 2.05) is 24.3 Å². The molecule has 0 spiro atoms. The quantitative estimate of drug-likeness (QED) is 0.645. The number of hydrogen-bond acceptors (Lipinski definition) is 4. The Hall–Kier alpha value is -3.35. The van der Waals surface area contributed by atoms with Gasteiger partial charge in [-0.25, -0.2) is 4.39 Å². The highest BCUT2D eigenvalue weighted by atomic mass is 19.1. The number of carbonyl (C=O) groups is 2. The molecule has 6 nitrogen and oxygen atoms in total. The van der Waals surface area contributed by atoms with Crippen LogP contribution in [0.25, 0.3) is 5.57 Å². The highest BCUT2D eigenvalue weighted by molar-refractivity contribution is 6.31. The average Bonchev–Trinajstić information content (AvgIpc) is 3.01. The van der Waals surface area contributed by atoms with Crippen LogP contribution in [0.15, 0.2) is 48.7 Å². The molecule has 1 saturated heterocycles. The fourth-order valence-electron chi connectivity index (χ4n) is 3.31. The van der Waals surface area contributed by atoms with Gasteiger partial charge in [-0.1, -0.05) is 0 Å². The van der Waals surface area contributed by atoms with Gasteiger partial charge in [-0.05, 0) is 42.5 Å². The summed E-state index contributed by atoms with van der Waals surface area (Å²) in [5.74, 6) is -0.636. The summed E-state index contributed by atoms with van der Waals surface area (Å²) in [6, 6.07) is 12.1. The van der Waals surface area contributed by atoms with Crippen molar-refractivity contribution < 1.29 is 14.0 Å². The number of benzene rings is 2. The van der Waals surface area contributed by atoms with Crippen LogP contribution in [0, 0.1) is 5.82 Å². The van der Waals surface area contributed by atoms with E-state index in [1.165, 1.54) is 12.1 Å². The Morgan fingerprint density at radius 2 is 1.78 bits per heavy atom. The average molecular weight is 366 g/mol. The van der Waals surface area contributed by atoms with E-state index in [-0.39, 0.29) is 11.7 Å². The lowest BCUT2D eigenvalue weighted by molar-refractivity contribution is -0.118. The van der Waals surface area contributed by atoms with Crippen molar-refractivity contribution in [3.8, 4) is 0 Å². The fourth-order valence-corrected chi connectivity index (χ4v) is 3.31. The Balaban J connectivity index is 1.45. The Bertz CT molecular complexity index is 903. The van der Waals surface area contributed by atoms with Crippen LogP contribution in [-0.4, -0.2) is 43.4 Å². The summed E-state index contributed by atoms with van der Waals surface area (Å²) in [5.41, 5.74) is 3.48. The van der Waals surface area contributed by atoms with Gasteiger partial charge in [0.05, 0.1) is 5.57 Å². The minimum Gasteiger partial charge on any atom is -0.368 e. The van der Waals surface area contributed by atoms with Gasteiger partial charge in [-0.3, -0.25) is 9.59 Å². The Kier molecular flexibility index (Phi) is 4.50. The zero-order valence-corrected chi connectivity index (χ0v) is 14.6. The predicted molar refractivity (Wildman–Crippen MR) is 103 cm³/mol. The number of nitrogens with zero attached hydrogens (tertiary/aromatic N) is 2. The number of carbonyl (C=O) groups excluding carboxylic acids is 2. The van der Waals surface area contributed by atoms with Gasteiger partial charge in [-0.15, -0.1) is 0 Å². The first-order valence-electron chi connectivity index (χ1n) is 8.76. The molecule has 2 aromatic rings. The van der Waals surface area contributed by atoms with Crippen LogP contribution in [0.4, 0.5) is 21.5 Å². The third kappa shape index (κ3) is 3.48. The van der Waals surface area contributed by atoms with E-state index in [2.05, 4.69) is 15.5 Å². The predicted octanol–water partition coefficient (Wildman–Crippen LogP) is 2.51. The molecule has 1 fully saturated rings. The molecule has 4 rings (SSSR count). The molecular formula is C20H19FN4O2. The maximum atomic E-state index is 13.5. The van der Waals surface area contributed by atoms with Gasteiger partial charge in [0.15, 0.2) is 0 Å². The molecule has 2 aromatic carbocycles. The van der Waals surface area contributed by atoms with E-state index >= 15 is 0 Å². The second-order valence-corrected chi connectivity index (χ2v) is 6.52. The van der Waals surface area contributed by atoms with Crippen LogP contribution >= 0.6 is 0 Å². The van der Waals surface area contributed by atoms with Crippen LogP contribution in [0.1, 0.15) is 5.56 Å². The van der Waals surface area contributed by atoms with Crippen molar-refractivity contribution >= 4 is 35.0 Å². The zero-order valence-electron chi connectivity index (χ0n) is 14.6. The largest absolute Gasteiger partial charge is 0.368 e. The number of halogens is 1. The van der Waals surface area contributed by atoms with Crippen molar-refractivity contribution in [2.45, 2.75) is 0 Å². The molecule has 2 N–H and O–H groups in total. The van der Waals surface area contributed by atoms with Crippen molar-refractivity contribution in [3.05, 3.63) is 60.0 Å². The molecule has 27 heavy (non-hydrogen) atoms. The summed E-state index contributed by atoms with van der Waals surface area (Å²) in [5, 5.41) is 5.83. The summed E-state index contributed by atoms with van der Waals surface area (Å²) in [7, 11) is 0. The van der Waals surface area contributed by atoms with Gasteiger partial charge < -0.3 is 20.4 Å². The molecule has 0 atom stereocenters. The van der Waals surface area contributed by atoms with Crippen molar-refractivity contribution in [2.75, 3.05) is 41.7 Å². The highest BCUT2D eigenvalue weighted by Crippen LogP contribution is 2.32. The molecule has 0 saturated carbocycles. The van der Waals surface area contributed by atoms with Gasteiger partial charge >= 0.3 is 0 Å². The minimum atomic E-state index is -0.379. The van der Waals surface area contributed by atoms with Gasteiger partial charge in [0.2, 0.25) is 6.41 Å². The number of fused-ring (bicyclic) bond motifs is 1. The molecule has 0 aliphatic carbocycles. The van der Waals surface area contributed by atoms with E-state index in [1.54, 1.807) is 17.2 Å². The monoisotopic (exact) mass is 366 g/mol. The summed E-state index contributed by atoms with van der Waals surface area (Å²) >= 11 is 0. The van der Waals surface area contributed by atoms with Crippen LogP contribution in [0.2, 0.25) is 0 Å². The maximum absolute atomic E-state index is 13.5. The second kappa shape index (κ2) is 7.11. The van der Waals surface area contributed by atoms with Crippen LogP contribution in [0.5, 0.6) is 0 Å². The number of rotatable bonds is 4. The molecule has 2 aliphatic rings.